The summed E-state index contributed by atoms with van der Waals surface area (Å²) in [7, 11) is 0. The first-order chi connectivity index (χ1) is 17.0. The number of rotatable bonds is 7. The lowest BCUT2D eigenvalue weighted by Crippen LogP contribution is -2.24. The van der Waals surface area contributed by atoms with Crippen LogP contribution in [0.2, 0.25) is 5.02 Å². The van der Waals surface area contributed by atoms with E-state index in [1.54, 1.807) is 30.3 Å². The van der Waals surface area contributed by atoms with Crippen LogP contribution in [0.15, 0.2) is 65.8 Å². The number of carbonyl (C=O) groups excluding carboxylic acids is 1. The topological polar surface area (TPSA) is 78.3 Å². The van der Waals surface area contributed by atoms with Crippen LogP contribution in [-0.4, -0.2) is 27.5 Å². The van der Waals surface area contributed by atoms with Crippen LogP contribution in [0, 0.1) is 12.7 Å². The zero-order valence-corrected chi connectivity index (χ0v) is 20.2. The van der Waals surface area contributed by atoms with E-state index in [1.807, 2.05) is 29.7 Å². The summed E-state index contributed by atoms with van der Waals surface area (Å²) in [6, 6.07) is 16.9. The van der Waals surface area contributed by atoms with Crippen molar-refractivity contribution in [1.29, 1.82) is 0 Å². The summed E-state index contributed by atoms with van der Waals surface area (Å²) < 4.78 is 25.8. The Balaban J connectivity index is 1.40. The van der Waals surface area contributed by atoms with E-state index in [2.05, 4.69) is 15.5 Å². The van der Waals surface area contributed by atoms with E-state index in [-0.39, 0.29) is 25.1 Å². The first-order valence-electron chi connectivity index (χ1n) is 10.7. The molecule has 0 fully saturated rings. The number of hydrogen-bond acceptors (Lipinski definition) is 6. The second kappa shape index (κ2) is 9.97. The van der Waals surface area contributed by atoms with Crippen LogP contribution in [0.4, 0.5) is 4.39 Å². The van der Waals surface area contributed by atoms with E-state index >= 15 is 0 Å². The van der Waals surface area contributed by atoms with Crippen molar-refractivity contribution >= 4 is 29.3 Å². The van der Waals surface area contributed by atoms with Crippen molar-refractivity contribution in [2.24, 2.45) is 0 Å². The van der Waals surface area contributed by atoms with Crippen LogP contribution >= 0.6 is 23.4 Å². The predicted molar refractivity (Wildman–Crippen MR) is 131 cm³/mol. The molecule has 0 unspecified atom stereocenters. The van der Waals surface area contributed by atoms with Crippen molar-refractivity contribution in [3.8, 4) is 17.2 Å². The Hall–Kier alpha value is -3.56. The number of fused-ring (bicyclic) bond motifs is 1. The molecule has 1 N–H and O–H groups in total. The molecule has 1 amide bonds. The van der Waals surface area contributed by atoms with E-state index in [0.29, 0.717) is 38.8 Å². The number of ether oxygens (including phenoxy) is 2. The molecule has 4 aromatic rings. The zero-order valence-electron chi connectivity index (χ0n) is 18.6. The minimum absolute atomic E-state index is 0.140. The summed E-state index contributed by atoms with van der Waals surface area (Å²) in [5.41, 5.74) is 3.19. The third-order valence-electron chi connectivity index (χ3n) is 5.44. The van der Waals surface area contributed by atoms with Gasteiger partial charge in [-0.25, -0.2) is 4.39 Å². The van der Waals surface area contributed by atoms with Crippen LogP contribution in [0.3, 0.4) is 0 Å². The number of hydrogen-bond donors (Lipinski definition) is 1. The summed E-state index contributed by atoms with van der Waals surface area (Å²) in [4.78, 5) is 12.8. The second-order valence-electron chi connectivity index (χ2n) is 7.83. The Morgan fingerprint density at radius 2 is 1.89 bits per heavy atom. The number of nitrogens with one attached hydrogen (secondary N) is 1. The van der Waals surface area contributed by atoms with E-state index in [0.717, 1.165) is 16.8 Å². The molecule has 178 valence electrons. The molecule has 1 aliphatic rings. The van der Waals surface area contributed by atoms with Gasteiger partial charge in [-0.3, -0.25) is 9.36 Å². The van der Waals surface area contributed by atoms with Crippen LogP contribution in [0.25, 0.3) is 5.69 Å². The van der Waals surface area contributed by atoms with Gasteiger partial charge in [0.25, 0.3) is 5.91 Å². The third kappa shape index (κ3) is 5.11. The van der Waals surface area contributed by atoms with Crippen molar-refractivity contribution < 1.29 is 18.7 Å². The summed E-state index contributed by atoms with van der Waals surface area (Å²) >= 11 is 7.75. The first-order valence-corrected chi connectivity index (χ1v) is 12.1. The number of thioether (sulfide) groups is 1. The molecule has 0 saturated carbocycles. The monoisotopic (exact) mass is 510 g/mol. The van der Waals surface area contributed by atoms with Gasteiger partial charge in [0.1, 0.15) is 5.82 Å². The Morgan fingerprint density at radius 3 is 2.71 bits per heavy atom. The van der Waals surface area contributed by atoms with Crippen LogP contribution in [0.5, 0.6) is 11.5 Å². The van der Waals surface area contributed by atoms with Gasteiger partial charge in [-0.05, 0) is 60.5 Å². The molecule has 7 nitrogen and oxygen atoms in total. The predicted octanol–water partition coefficient (Wildman–Crippen LogP) is 5.32. The maximum atomic E-state index is 13.3. The van der Waals surface area contributed by atoms with Crippen molar-refractivity contribution in [1.82, 2.24) is 20.1 Å². The van der Waals surface area contributed by atoms with Gasteiger partial charge in [-0.2, -0.15) is 0 Å². The average Bonchev–Trinajstić information content (AvgIpc) is 3.50. The Labute approximate surface area is 210 Å². The van der Waals surface area contributed by atoms with E-state index < -0.39 is 0 Å². The van der Waals surface area contributed by atoms with Gasteiger partial charge < -0.3 is 14.8 Å². The second-order valence-corrected chi connectivity index (χ2v) is 9.21. The van der Waals surface area contributed by atoms with Gasteiger partial charge in [0.15, 0.2) is 22.5 Å². The first kappa shape index (κ1) is 23.2. The molecule has 0 aliphatic carbocycles. The van der Waals surface area contributed by atoms with Gasteiger partial charge in [0.2, 0.25) is 6.79 Å². The molecule has 3 aromatic carbocycles. The standard InChI is InChI=1S/C25H20ClFN4O3S/c1-15-2-6-18(26)11-20(15)31-23(29-30-25(31)35-13-16-3-7-19(27)8-4-16)12-28-24(32)17-5-9-21-22(10-17)34-14-33-21/h2-11H,12-14H2,1H3,(H,28,32). The summed E-state index contributed by atoms with van der Waals surface area (Å²) in [6.45, 7) is 2.25. The molecule has 0 spiro atoms. The van der Waals surface area contributed by atoms with E-state index in [9.17, 15) is 9.18 Å². The summed E-state index contributed by atoms with van der Waals surface area (Å²) in [5, 5.41) is 12.8. The molecule has 10 heteroatoms. The molecule has 0 radical (unpaired) electrons. The summed E-state index contributed by atoms with van der Waals surface area (Å²) in [5.74, 6) is 1.71. The van der Waals surface area contributed by atoms with Crippen LogP contribution in [-0.2, 0) is 12.3 Å². The van der Waals surface area contributed by atoms with E-state index in [1.165, 1.54) is 23.9 Å². The molecule has 2 heterocycles. The highest BCUT2D eigenvalue weighted by atomic mass is 35.5. The van der Waals surface area contributed by atoms with Crippen molar-refractivity contribution in [2.75, 3.05) is 6.79 Å². The van der Waals surface area contributed by atoms with E-state index in [4.69, 9.17) is 21.1 Å². The largest absolute Gasteiger partial charge is 0.454 e. The molecule has 35 heavy (non-hydrogen) atoms. The van der Waals surface area contributed by atoms with Gasteiger partial charge >= 0.3 is 0 Å². The fourth-order valence-corrected chi connectivity index (χ4v) is 4.69. The number of amides is 1. The molecule has 1 aliphatic heterocycles. The highest BCUT2D eigenvalue weighted by Crippen LogP contribution is 2.32. The van der Waals surface area contributed by atoms with Gasteiger partial charge in [-0.15, -0.1) is 10.2 Å². The highest BCUT2D eigenvalue weighted by molar-refractivity contribution is 7.98. The van der Waals surface area contributed by atoms with Crippen molar-refractivity contribution in [3.05, 3.63) is 94.0 Å². The SMILES string of the molecule is Cc1ccc(Cl)cc1-n1c(CNC(=O)c2ccc3c(c2)OCO3)nnc1SCc1ccc(F)cc1. The number of benzene rings is 3. The van der Waals surface area contributed by atoms with Crippen LogP contribution < -0.4 is 14.8 Å². The molecule has 0 saturated heterocycles. The fourth-order valence-electron chi connectivity index (χ4n) is 3.60. The quantitative estimate of drug-likeness (QED) is 0.339. The van der Waals surface area contributed by atoms with Crippen molar-refractivity contribution in [2.45, 2.75) is 24.4 Å². The Bertz CT molecular complexity index is 1390. The minimum Gasteiger partial charge on any atom is -0.454 e. The lowest BCUT2D eigenvalue weighted by molar-refractivity contribution is 0.0949. The summed E-state index contributed by atoms with van der Waals surface area (Å²) in [6.07, 6.45) is 0. The Kier molecular flexibility index (Phi) is 6.61. The molecular weight excluding hydrogens is 491 g/mol. The van der Waals surface area contributed by atoms with Gasteiger partial charge in [-0.1, -0.05) is 41.6 Å². The lowest BCUT2D eigenvalue weighted by atomic mass is 10.2. The molecule has 0 bridgehead atoms. The number of carbonyl (C=O) groups is 1. The maximum Gasteiger partial charge on any atom is 0.251 e. The maximum absolute atomic E-state index is 13.3. The number of aryl methyl sites for hydroxylation is 1. The highest BCUT2D eigenvalue weighted by Gasteiger charge is 2.19. The number of halogens is 2. The average molecular weight is 511 g/mol. The number of nitrogens with zero attached hydrogens (tertiary/aromatic N) is 3. The molecule has 5 rings (SSSR count). The lowest BCUT2D eigenvalue weighted by Gasteiger charge is -2.14. The molecule has 1 aromatic heterocycles. The number of aromatic nitrogens is 3. The zero-order chi connectivity index (χ0) is 24.4. The van der Waals surface area contributed by atoms with Gasteiger partial charge in [0.05, 0.1) is 12.2 Å². The normalized spacial score (nSPS) is 12.1. The third-order valence-corrected chi connectivity index (χ3v) is 6.67. The van der Waals surface area contributed by atoms with Crippen LogP contribution in [0.1, 0.15) is 27.3 Å². The minimum atomic E-state index is -0.281. The smallest absolute Gasteiger partial charge is 0.251 e. The molecule has 0 atom stereocenters. The Morgan fingerprint density at radius 1 is 1.09 bits per heavy atom. The fraction of sp³-hybridized carbons (Fsp3) is 0.160. The van der Waals surface area contributed by atoms with Crippen molar-refractivity contribution in [3.63, 3.8) is 0 Å². The molecular formula is C25H20ClFN4O3S. The van der Waals surface area contributed by atoms with Gasteiger partial charge in [0, 0.05) is 16.3 Å².